The Labute approximate surface area is 141 Å². The average molecular weight is 333 g/mol. The van der Waals surface area contributed by atoms with Crippen molar-refractivity contribution in [2.45, 2.75) is 20.4 Å². The molecule has 0 N–H and O–H groups in total. The van der Waals surface area contributed by atoms with Crippen molar-refractivity contribution in [3.05, 3.63) is 51.8 Å². The maximum Gasteiger partial charge on any atom is 0.0685 e. The van der Waals surface area contributed by atoms with Crippen LogP contribution >= 0.6 is 11.6 Å². The summed E-state index contributed by atoms with van der Waals surface area (Å²) < 4.78 is 7.32. The van der Waals surface area contributed by atoms with Gasteiger partial charge >= 0.3 is 0 Å². The fraction of sp³-hybridized carbons (Fsp3) is 0.412. The molecule has 1 fully saturated rings. The number of halogens is 1. The summed E-state index contributed by atoms with van der Waals surface area (Å²) in [7, 11) is 0. The van der Waals surface area contributed by atoms with E-state index in [1.165, 1.54) is 0 Å². The number of hydrazone groups is 1. The molecule has 1 saturated heterocycles. The lowest BCUT2D eigenvalue weighted by molar-refractivity contribution is 0.0397. The largest absolute Gasteiger partial charge is 0.378 e. The molecule has 2 heterocycles. The molecular weight excluding hydrogens is 312 g/mol. The van der Waals surface area contributed by atoms with Crippen molar-refractivity contribution in [2.75, 3.05) is 26.3 Å². The van der Waals surface area contributed by atoms with Gasteiger partial charge in [0.15, 0.2) is 0 Å². The van der Waals surface area contributed by atoms with E-state index in [-0.39, 0.29) is 0 Å². The summed E-state index contributed by atoms with van der Waals surface area (Å²) in [6.07, 6.45) is 1.91. The maximum atomic E-state index is 6.25. The van der Waals surface area contributed by atoms with Gasteiger partial charge in [-0.2, -0.15) is 10.2 Å². The van der Waals surface area contributed by atoms with Crippen LogP contribution in [0.1, 0.15) is 22.5 Å². The van der Waals surface area contributed by atoms with Crippen LogP contribution in [0.4, 0.5) is 0 Å². The lowest BCUT2D eigenvalue weighted by Gasteiger charge is -2.23. The second kappa shape index (κ2) is 7.15. The van der Waals surface area contributed by atoms with E-state index in [1.807, 2.05) is 47.1 Å². The predicted octanol–water partition coefficient (Wildman–Crippen LogP) is 2.87. The molecule has 0 amide bonds. The highest BCUT2D eigenvalue weighted by Crippen LogP contribution is 2.18. The van der Waals surface area contributed by atoms with Crippen molar-refractivity contribution < 1.29 is 4.74 Å². The first-order valence-electron chi connectivity index (χ1n) is 7.79. The van der Waals surface area contributed by atoms with Crippen LogP contribution in [0.2, 0.25) is 5.02 Å². The van der Waals surface area contributed by atoms with Crippen molar-refractivity contribution in [3.63, 3.8) is 0 Å². The van der Waals surface area contributed by atoms with Crippen LogP contribution in [0.3, 0.4) is 0 Å². The van der Waals surface area contributed by atoms with Crippen LogP contribution in [0.25, 0.3) is 0 Å². The predicted molar refractivity (Wildman–Crippen MR) is 92.2 cm³/mol. The molecule has 1 aromatic carbocycles. The van der Waals surface area contributed by atoms with Crippen LogP contribution in [0, 0.1) is 13.8 Å². The minimum atomic E-state index is 0.664. The number of hydrogen-bond donors (Lipinski definition) is 0. The minimum Gasteiger partial charge on any atom is -0.378 e. The molecule has 0 spiro atoms. The molecule has 1 aliphatic heterocycles. The Morgan fingerprint density at radius 2 is 2.00 bits per heavy atom. The number of nitrogens with zero attached hydrogens (tertiary/aromatic N) is 4. The van der Waals surface area contributed by atoms with Gasteiger partial charge in [0.2, 0.25) is 0 Å². The van der Waals surface area contributed by atoms with E-state index in [2.05, 4.69) is 17.1 Å². The van der Waals surface area contributed by atoms with Gasteiger partial charge in [-0.05, 0) is 25.5 Å². The van der Waals surface area contributed by atoms with Gasteiger partial charge in [-0.1, -0.05) is 29.8 Å². The van der Waals surface area contributed by atoms with Gasteiger partial charge in [0, 0.05) is 16.3 Å². The number of hydrogen-bond acceptors (Lipinski definition) is 4. The molecule has 1 aromatic heterocycles. The number of aryl methyl sites for hydroxylation is 1. The minimum absolute atomic E-state index is 0.664. The normalized spacial score (nSPS) is 15.5. The molecule has 0 atom stereocenters. The fourth-order valence-corrected chi connectivity index (χ4v) is 2.84. The van der Waals surface area contributed by atoms with Crippen LogP contribution < -0.4 is 0 Å². The number of rotatable bonds is 4. The zero-order valence-corrected chi connectivity index (χ0v) is 14.3. The fourth-order valence-electron chi connectivity index (χ4n) is 2.65. The number of morpholine rings is 1. The lowest BCUT2D eigenvalue weighted by atomic mass is 10.2. The summed E-state index contributed by atoms with van der Waals surface area (Å²) >= 11 is 6.25. The van der Waals surface area contributed by atoms with Crippen LogP contribution in [0.15, 0.2) is 29.4 Å². The summed E-state index contributed by atoms with van der Waals surface area (Å²) in [4.78, 5) is 0. The maximum absolute atomic E-state index is 6.25. The monoisotopic (exact) mass is 332 g/mol. The molecule has 0 aliphatic carbocycles. The second-order valence-electron chi connectivity index (χ2n) is 5.64. The van der Waals surface area contributed by atoms with Gasteiger partial charge in [0.05, 0.1) is 44.8 Å². The van der Waals surface area contributed by atoms with Crippen LogP contribution in [0.5, 0.6) is 0 Å². The van der Waals surface area contributed by atoms with Gasteiger partial charge in [0.1, 0.15) is 0 Å². The molecule has 1 aliphatic rings. The van der Waals surface area contributed by atoms with Crippen molar-refractivity contribution in [2.24, 2.45) is 5.10 Å². The molecule has 0 unspecified atom stereocenters. The van der Waals surface area contributed by atoms with Crippen molar-refractivity contribution in [1.82, 2.24) is 14.8 Å². The summed E-state index contributed by atoms with van der Waals surface area (Å²) in [5.41, 5.74) is 4.21. The highest BCUT2D eigenvalue weighted by Gasteiger charge is 2.12. The Balaban J connectivity index is 1.79. The molecule has 2 aromatic rings. The van der Waals surface area contributed by atoms with E-state index in [4.69, 9.17) is 16.3 Å². The Kier molecular flexibility index (Phi) is 4.98. The van der Waals surface area contributed by atoms with Crippen molar-refractivity contribution in [3.8, 4) is 0 Å². The summed E-state index contributed by atoms with van der Waals surface area (Å²) in [5, 5.41) is 12.0. The molecule has 0 bridgehead atoms. The summed E-state index contributed by atoms with van der Waals surface area (Å²) in [6, 6.07) is 7.87. The Bertz CT molecular complexity index is 705. The van der Waals surface area contributed by atoms with Gasteiger partial charge < -0.3 is 4.74 Å². The third kappa shape index (κ3) is 3.74. The van der Waals surface area contributed by atoms with Crippen molar-refractivity contribution >= 4 is 17.8 Å². The summed E-state index contributed by atoms with van der Waals surface area (Å²) in [6.45, 7) is 7.89. The van der Waals surface area contributed by atoms with E-state index in [1.54, 1.807) is 0 Å². The molecular formula is C17H21ClN4O. The molecule has 0 radical (unpaired) electrons. The zero-order valence-electron chi connectivity index (χ0n) is 13.5. The first kappa shape index (κ1) is 16.0. The smallest absolute Gasteiger partial charge is 0.0685 e. The van der Waals surface area contributed by atoms with E-state index in [0.29, 0.717) is 6.54 Å². The van der Waals surface area contributed by atoms with E-state index in [0.717, 1.165) is 53.8 Å². The van der Waals surface area contributed by atoms with Crippen LogP contribution in [-0.4, -0.2) is 47.3 Å². The van der Waals surface area contributed by atoms with Gasteiger partial charge in [-0.25, -0.2) is 0 Å². The zero-order chi connectivity index (χ0) is 16.2. The van der Waals surface area contributed by atoms with E-state index >= 15 is 0 Å². The highest BCUT2D eigenvalue weighted by molar-refractivity contribution is 6.31. The number of ether oxygens (including phenoxy) is 1. The molecule has 23 heavy (non-hydrogen) atoms. The summed E-state index contributed by atoms with van der Waals surface area (Å²) in [5.74, 6) is 0. The third-order valence-electron chi connectivity index (χ3n) is 4.05. The van der Waals surface area contributed by atoms with Gasteiger partial charge in [-0.15, -0.1) is 0 Å². The third-order valence-corrected chi connectivity index (χ3v) is 4.42. The first-order valence-corrected chi connectivity index (χ1v) is 8.17. The Hall–Kier alpha value is -1.85. The number of aromatic nitrogens is 2. The Morgan fingerprint density at radius 1 is 1.26 bits per heavy atom. The molecule has 0 saturated carbocycles. The van der Waals surface area contributed by atoms with Crippen molar-refractivity contribution in [1.29, 1.82) is 0 Å². The van der Waals surface area contributed by atoms with E-state index in [9.17, 15) is 0 Å². The second-order valence-corrected chi connectivity index (χ2v) is 6.05. The van der Waals surface area contributed by atoms with E-state index < -0.39 is 0 Å². The van der Waals surface area contributed by atoms with Crippen LogP contribution in [-0.2, 0) is 11.3 Å². The number of benzene rings is 1. The molecule has 3 rings (SSSR count). The highest BCUT2D eigenvalue weighted by atomic mass is 35.5. The van der Waals surface area contributed by atoms with Gasteiger partial charge in [-0.3, -0.25) is 9.69 Å². The quantitative estimate of drug-likeness (QED) is 0.809. The Morgan fingerprint density at radius 3 is 2.74 bits per heavy atom. The molecule has 6 heteroatoms. The SMILES string of the molecule is Cc1nn(Cc2ccccc2Cl)c(C)c1/C=N/N1CCOCC1. The molecule has 5 nitrogen and oxygen atoms in total. The molecule has 122 valence electrons. The first-order chi connectivity index (χ1) is 11.1. The topological polar surface area (TPSA) is 42.7 Å². The average Bonchev–Trinajstić information content (AvgIpc) is 2.82. The lowest BCUT2D eigenvalue weighted by Crippen LogP contribution is -2.32. The standard InChI is InChI=1S/C17H21ClN4O/c1-13-16(11-19-21-7-9-23-10-8-21)14(2)22(20-13)12-15-5-3-4-6-17(15)18/h3-6,11H,7-10,12H2,1-2H3/b19-11+. The van der Waals surface area contributed by atoms with Gasteiger partial charge in [0.25, 0.3) is 0 Å².